The van der Waals surface area contributed by atoms with Gasteiger partial charge in [-0.05, 0) is 62.4 Å². The molecule has 0 aliphatic heterocycles. The van der Waals surface area contributed by atoms with Gasteiger partial charge in [0, 0.05) is 27.1 Å². The highest BCUT2D eigenvalue weighted by Gasteiger charge is 2.26. The van der Waals surface area contributed by atoms with E-state index in [4.69, 9.17) is 0 Å². The van der Waals surface area contributed by atoms with Crippen molar-refractivity contribution in [3.05, 3.63) is 112 Å². The van der Waals surface area contributed by atoms with Crippen molar-refractivity contribution in [3.8, 4) is 5.69 Å². The first-order chi connectivity index (χ1) is 17.3. The molecule has 0 saturated heterocycles. The number of benzene rings is 3. The molecule has 184 valence electrons. The molecule has 36 heavy (non-hydrogen) atoms. The first-order valence-corrected chi connectivity index (χ1v) is 13.4. The Hall–Kier alpha value is -3.69. The monoisotopic (exact) mass is 564 g/mol. The summed E-state index contributed by atoms with van der Waals surface area (Å²) in [6, 6.07) is 26.5. The summed E-state index contributed by atoms with van der Waals surface area (Å²) >= 11 is 3.50. The van der Waals surface area contributed by atoms with Gasteiger partial charge in [0.25, 0.3) is 15.9 Å². The molecule has 1 N–H and O–H groups in total. The second-order valence-corrected chi connectivity index (χ2v) is 10.9. The highest BCUT2D eigenvalue weighted by Crippen LogP contribution is 2.24. The van der Waals surface area contributed by atoms with E-state index in [0.717, 1.165) is 31.4 Å². The lowest BCUT2D eigenvalue weighted by Gasteiger charge is -2.23. The average molecular weight is 565 g/mol. The van der Waals surface area contributed by atoms with Crippen molar-refractivity contribution < 1.29 is 13.2 Å². The Balaban J connectivity index is 1.53. The third-order valence-corrected chi connectivity index (χ3v) is 7.87. The van der Waals surface area contributed by atoms with Crippen LogP contribution in [0.15, 0.2) is 105 Å². The summed E-state index contributed by atoms with van der Waals surface area (Å²) in [6.45, 7) is 3.55. The number of amides is 1. The molecule has 1 heterocycles. The van der Waals surface area contributed by atoms with Crippen molar-refractivity contribution in [2.75, 3.05) is 10.8 Å². The maximum absolute atomic E-state index is 13.3. The van der Waals surface area contributed by atoms with Gasteiger partial charge in [-0.2, -0.15) is 5.10 Å². The summed E-state index contributed by atoms with van der Waals surface area (Å²) in [5.74, 6) is -0.560. The maximum Gasteiger partial charge on any atom is 0.264 e. The second-order valence-electron chi connectivity index (χ2n) is 8.10. The van der Waals surface area contributed by atoms with Gasteiger partial charge in [0.1, 0.15) is 6.54 Å². The summed E-state index contributed by atoms with van der Waals surface area (Å²) in [5, 5.41) is 4.10. The summed E-state index contributed by atoms with van der Waals surface area (Å²) in [4.78, 5) is 12.9. The van der Waals surface area contributed by atoms with Crippen LogP contribution in [0.4, 0.5) is 5.69 Å². The quantitative estimate of drug-likeness (QED) is 0.236. The number of rotatable bonds is 8. The number of nitrogens with zero attached hydrogens (tertiary/aromatic N) is 3. The summed E-state index contributed by atoms with van der Waals surface area (Å²) < 4.78 is 30.8. The Morgan fingerprint density at radius 2 is 1.64 bits per heavy atom. The molecular formula is C27H25BrN4O3S. The minimum absolute atomic E-state index is 0.102. The van der Waals surface area contributed by atoms with Crippen molar-refractivity contribution in [3.63, 3.8) is 0 Å². The normalized spacial score (nSPS) is 11.5. The Labute approximate surface area is 219 Å². The lowest BCUT2D eigenvalue weighted by molar-refractivity contribution is -0.119. The highest BCUT2D eigenvalue weighted by atomic mass is 79.9. The number of hydrogen-bond acceptors (Lipinski definition) is 4. The number of anilines is 1. The van der Waals surface area contributed by atoms with Crippen molar-refractivity contribution in [2.24, 2.45) is 5.10 Å². The molecule has 3 aromatic carbocycles. The van der Waals surface area contributed by atoms with E-state index in [1.54, 1.807) is 54.7 Å². The Kier molecular flexibility index (Phi) is 7.71. The molecule has 0 aliphatic carbocycles. The zero-order valence-corrected chi connectivity index (χ0v) is 22.2. The van der Waals surface area contributed by atoms with Gasteiger partial charge >= 0.3 is 0 Å². The SMILES string of the molecule is Cc1cc(/C=N/NC(=O)CN(c2ccccc2)S(=O)(=O)c2ccccc2)c(C)n1-c1cccc(Br)c1. The fourth-order valence-corrected chi connectivity index (χ4v) is 5.73. The van der Waals surface area contributed by atoms with E-state index in [1.165, 1.54) is 12.1 Å². The van der Waals surface area contributed by atoms with Crippen LogP contribution in [0.25, 0.3) is 5.69 Å². The molecule has 7 nitrogen and oxygen atoms in total. The predicted molar refractivity (Wildman–Crippen MR) is 146 cm³/mol. The number of halogens is 1. The van der Waals surface area contributed by atoms with Gasteiger partial charge in [-0.15, -0.1) is 0 Å². The Bertz CT molecular complexity index is 1500. The van der Waals surface area contributed by atoms with Gasteiger partial charge < -0.3 is 4.57 Å². The van der Waals surface area contributed by atoms with Crippen LogP contribution in [-0.2, 0) is 14.8 Å². The molecular weight excluding hydrogens is 540 g/mol. The molecule has 1 aromatic heterocycles. The molecule has 0 radical (unpaired) electrons. The van der Waals surface area contributed by atoms with Gasteiger partial charge in [0.15, 0.2) is 0 Å². The van der Waals surface area contributed by atoms with Gasteiger partial charge in [-0.25, -0.2) is 13.8 Å². The van der Waals surface area contributed by atoms with Crippen LogP contribution in [0.3, 0.4) is 0 Å². The molecule has 0 unspecified atom stereocenters. The standard InChI is InChI=1S/C27H25BrN4O3S/c1-20-16-22(21(2)32(20)25-13-9-10-23(28)17-25)18-29-30-27(33)19-31(24-11-5-3-6-12-24)36(34,35)26-14-7-4-8-15-26/h3-18H,19H2,1-2H3,(H,30,33)/b29-18+. The highest BCUT2D eigenvalue weighted by molar-refractivity contribution is 9.10. The first-order valence-electron chi connectivity index (χ1n) is 11.2. The number of aromatic nitrogens is 1. The number of aryl methyl sites for hydroxylation is 1. The van der Waals surface area contributed by atoms with Crippen molar-refractivity contribution in [1.82, 2.24) is 9.99 Å². The fraction of sp³-hybridized carbons (Fsp3) is 0.111. The van der Waals surface area contributed by atoms with Gasteiger partial charge in [-0.1, -0.05) is 58.4 Å². The molecule has 0 aliphatic rings. The molecule has 9 heteroatoms. The van der Waals surface area contributed by atoms with Crippen LogP contribution in [-0.4, -0.2) is 31.7 Å². The van der Waals surface area contributed by atoms with Crippen molar-refractivity contribution in [1.29, 1.82) is 0 Å². The van der Waals surface area contributed by atoms with Crippen LogP contribution >= 0.6 is 15.9 Å². The number of carbonyl (C=O) groups excluding carboxylic acids is 1. The number of sulfonamides is 1. The summed E-state index contributed by atoms with van der Waals surface area (Å²) in [5.41, 5.74) is 6.67. The minimum Gasteiger partial charge on any atom is -0.318 e. The zero-order chi connectivity index (χ0) is 25.7. The Morgan fingerprint density at radius 3 is 2.31 bits per heavy atom. The average Bonchev–Trinajstić information content (AvgIpc) is 3.16. The zero-order valence-electron chi connectivity index (χ0n) is 19.8. The third kappa shape index (κ3) is 5.58. The minimum atomic E-state index is -3.96. The molecule has 4 rings (SSSR count). The van der Waals surface area contributed by atoms with E-state index >= 15 is 0 Å². The molecule has 0 spiro atoms. The first kappa shape index (κ1) is 25.4. The molecule has 4 aromatic rings. The van der Waals surface area contributed by atoms with E-state index in [9.17, 15) is 13.2 Å². The van der Waals surface area contributed by atoms with E-state index in [2.05, 4.69) is 31.0 Å². The smallest absolute Gasteiger partial charge is 0.264 e. The van der Waals surface area contributed by atoms with E-state index in [-0.39, 0.29) is 4.90 Å². The number of hydrazone groups is 1. The van der Waals surface area contributed by atoms with Crippen LogP contribution < -0.4 is 9.73 Å². The lowest BCUT2D eigenvalue weighted by Crippen LogP contribution is -2.39. The predicted octanol–water partition coefficient (Wildman–Crippen LogP) is 5.20. The number of carbonyl (C=O) groups is 1. The Morgan fingerprint density at radius 1 is 0.972 bits per heavy atom. The van der Waals surface area contributed by atoms with Crippen LogP contribution in [0, 0.1) is 13.8 Å². The molecule has 0 atom stereocenters. The lowest BCUT2D eigenvalue weighted by atomic mass is 10.2. The third-order valence-electron chi connectivity index (χ3n) is 5.59. The van der Waals surface area contributed by atoms with Crippen LogP contribution in [0.2, 0.25) is 0 Å². The second kappa shape index (κ2) is 10.9. The molecule has 0 bridgehead atoms. The largest absolute Gasteiger partial charge is 0.318 e. The topological polar surface area (TPSA) is 83.8 Å². The summed E-state index contributed by atoms with van der Waals surface area (Å²) in [6.07, 6.45) is 1.56. The van der Waals surface area contributed by atoms with Crippen molar-refractivity contribution in [2.45, 2.75) is 18.7 Å². The maximum atomic E-state index is 13.3. The molecule has 1 amide bonds. The number of nitrogens with one attached hydrogen (secondary N) is 1. The van der Waals surface area contributed by atoms with E-state index < -0.39 is 22.5 Å². The van der Waals surface area contributed by atoms with Crippen molar-refractivity contribution >= 4 is 43.8 Å². The van der Waals surface area contributed by atoms with E-state index in [1.807, 2.05) is 44.2 Å². The molecule has 0 fully saturated rings. The number of hydrogen-bond donors (Lipinski definition) is 1. The van der Waals surface area contributed by atoms with Gasteiger partial charge in [0.2, 0.25) is 0 Å². The number of para-hydroxylation sites is 1. The van der Waals surface area contributed by atoms with Gasteiger partial charge in [0.05, 0.1) is 16.8 Å². The van der Waals surface area contributed by atoms with Crippen LogP contribution in [0.5, 0.6) is 0 Å². The molecule has 0 saturated carbocycles. The summed E-state index contributed by atoms with van der Waals surface area (Å²) in [7, 11) is -3.96. The van der Waals surface area contributed by atoms with Crippen LogP contribution in [0.1, 0.15) is 17.0 Å². The van der Waals surface area contributed by atoms with Gasteiger partial charge in [-0.3, -0.25) is 9.10 Å². The van der Waals surface area contributed by atoms with E-state index in [0.29, 0.717) is 5.69 Å². The fourth-order valence-electron chi connectivity index (χ4n) is 3.90.